The monoisotopic (exact) mass is 420 g/mol. The van der Waals surface area contributed by atoms with E-state index < -0.39 is 5.92 Å². The molecule has 8 heteroatoms. The summed E-state index contributed by atoms with van der Waals surface area (Å²) < 4.78 is 26.8. The quantitative estimate of drug-likeness (QED) is 0.532. The van der Waals surface area contributed by atoms with E-state index in [9.17, 15) is 18.4 Å². The fourth-order valence-electron chi connectivity index (χ4n) is 4.02. The highest BCUT2D eigenvalue weighted by Gasteiger charge is 2.35. The molecule has 0 aliphatic carbocycles. The van der Waals surface area contributed by atoms with E-state index in [4.69, 9.17) is 0 Å². The Labute approximate surface area is 175 Å². The third-order valence-electron chi connectivity index (χ3n) is 5.72. The summed E-state index contributed by atoms with van der Waals surface area (Å²) in [6.07, 6.45) is 2.59. The van der Waals surface area contributed by atoms with Gasteiger partial charge < -0.3 is 4.90 Å². The van der Waals surface area contributed by atoms with Gasteiger partial charge in [-0.25, -0.2) is 18.9 Å². The summed E-state index contributed by atoms with van der Waals surface area (Å²) in [5.74, 6) is -2.93. The van der Waals surface area contributed by atoms with Crippen LogP contribution in [0.4, 0.5) is 8.78 Å². The first-order chi connectivity index (χ1) is 14.9. The van der Waals surface area contributed by atoms with E-state index in [0.717, 1.165) is 21.9 Å². The molecule has 1 aliphatic heterocycles. The minimum absolute atomic E-state index is 0.0554. The standard InChI is InChI=1S/C23H18F2N4O2/c24-23(25)6-8-29(9-7-23)22(31)15-4-5-19-14(10-15)2-1-3-18(19)16-11-17-13-27-28-21(30)20(17)26-12-16/h1-5,10-13H,6-9H2,(H,28,30). The van der Waals surface area contributed by atoms with Crippen molar-refractivity contribution in [1.82, 2.24) is 20.1 Å². The topological polar surface area (TPSA) is 79.0 Å². The average molecular weight is 420 g/mol. The van der Waals surface area contributed by atoms with Crippen LogP contribution in [0, 0.1) is 0 Å². The van der Waals surface area contributed by atoms with Crippen LogP contribution in [0.5, 0.6) is 0 Å². The highest BCUT2D eigenvalue weighted by molar-refractivity contribution is 6.03. The Kier molecular flexibility index (Phi) is 4.50. The molecule has 1 amide bonds. The van der Waals surface area contributed by atoms with Crippen molar-refractivity contribution in [1.29, 1.82) is 0 Å². The number of carbonyl (C=O) groups excluding carboxylic acids is 1. The molecule has 6 nitrogen and oxygen atoms in total. The van der Waals surface area contributed by atoms with E-state index in [2.05, 4.69) is 15.2 Å². The Morgan fingerprint density at radius 1 is 1.03 bits per heavy atom. The summed E-state index contributed by atoms with van der Waals surface area (Å²) in [5.41, 5.74) is 2.17. The Hall–Kier alpha value is -3.68. The summed E-state index contributed by atoms with van der Waals surface area (Å²) in [5, 5.41) is 8.60. The third-order valence-corrected chi connectivity index (χ3v) is 5.72. The van der Waals surface area contributed by atoms with E-state index >= 15 is 0 Å². The third kappa shape index (κ3) is 3.54. The van der Waals surface area contributed by atoms with Gasteiger partial charge in [-0.1, -0.05) is 24.3 Å². The van der Waals surface area contributed by atoms with Gasteiger partial charge >= 0.3 is 0 Å². The Morgan fingerprint density at radius 2 is 1.84 bits per heavy atom. The summed E-state index contributed by atoms with van der Waals surface area (Å²) in [6, 6.07) is 13.0. The second-order valence-electron chi connectivity index (χ2n) is 7.75. The zero-order chi connectivity index (χ0) is 21.6. The molecule has 31 heavy (non-hydrogen) atoms. The first-order valence-electron chi connectivity index (χ1n) is 9.95. The SMILES string of the molecule is O=C(c1ccc2c(-c3cnc4c(=O)[nH]ncc4c3)cccc2c1)N1CCC(F)(F)CC1. The summed E-state index contributed by atoms with van der Waals surface area (Å²) in [4.78, 5) is 30.4. The number of aromatic amines is 1. The maximum atomic E-state index is 13.4. The van der Waals surface area contributed by atoms with Crippen molar-refractivity contribution in [3.05, 3.63) is 70.8 Å². The van der Waals surface area contributed by atoms with Crippen LogP contribution in [0.2, 0.25) is 0 Å². The van der Waals surface area contributed by atoms with Crippen LogP contribution < -0.4 is 5.56 Å². The maximum absolute atomic E-state index is 13.4. The van der Waals surface area contributed by atoms with Crippen molar-refractivity contribution >= 4 is 27.6 Å². The zero-order valence-electron chi connectivity index (χ0n) is 16.4. The maximum Gasteiger partial charge on any atom is 0.290 e. The lowest BCUT2D eigenvalue weighted by molar-refractivity contribution is -0.0494. The molecule has 1 fully saturated rings. The highest BCUT2D eigenvalue weighted by atomic mass is 19.3. The molecule has 4 aromatic rings. The number of amides is 1. The van der Waals surface area contributed by atoms with Crippen LogP contribution in [0.1, 0.15) is 23.2 Å². The smallest absolute Gasteiger partial charge is 0.290 e. The van der Waals surface area contributed by atoms with Gasteiger partial charge in [0.1, 0.15) is 5.52 Å². The minimum atomic E-state index is -2.69. The number of carbonyl (C=O) groups is 1. The molecule has 1 aliphatic rings. The Balaban J connectivity index is 1.51. The highest BCUT2D eigenvalue weighted by Crippen LogP contribution is 2.31. The van der Waals surface area contributed by atoms with Gasteiger partial charge in [0.2, 0.25) is 0 Å². The van der Waals surface area contributed by atoms with Crippen molar-refractivity contribution in [3.8, 4) is 11.1 Å². The number of alkyl halides is 2. The van der Waals surface area contributed by atoms with Crippen LogP contribution in [-0.2, 0) is 0 Å². The van der Waals surface area contributed by atoms with Gasteiger partial charge in [0.05, 0.1) is 6.20 Å². The van der Waals surface area contributed by atoms with Gasteiger partial charge in [-0.3, -0.25) is 9.59 Å². The second-order valence-corrected chi connectivity index (χ2v) is 7.75. The van der Waals surface area contributed by atoms with Crippen LogP contribution in [0.25, 0.3) is 32.8 Å². The lowest BCUT2D eigenvalue weighted by Crippen LogP contribution is -2.42. The normalized spacial score (nSPS) is 16.0. The molecule has 0 atom stereocenters. The van der Waals surface area contributed by atoms with Crippen LogP contribution >= 0.6 is 0 Å². The number of benzene rings is 2. The van der Waals surface area contributed by atoms with E-state index in [1.807, 2.05) is 30.3 Å². The number of hydrogen-bond acceptors (Lipinski definition) is 4. The Bertz CT molecular complexity index is 1370. The van der Waals surface area contributed by atoms with Gasteiger partial charge in [-0.15, -0.1) is 0 Å². The second kappa shape index (κ2) is 7.23. The lowest BCUT2D eigenvalue weighted by Gasteiger charge is -2.31. The summed E-state index contributed by atoms with van der Waals surface area (Å²) in [7, 11) is 0. The molecule has 3 heterocycles. The van der Waals surface area contributed by atoms with Gasteiger partial charge in [0, 0.05) is 48.6 Å². The summed E-state index contributed by atoms with van der Waals surface area (Å²) in [6.45, 7) is 0.111. The number of halogens is 2. The van der Waals surface area contributed by atoms with Crippen molar-refractivity contribution in [2.45, 2.75) is 18.8 Å². The van der Waals surface area contributed by atoms with Gasteiger partial charge in [0.15, 0.2) is 0 Å². The molecular weight excluding hydrogens is 402 g/mol. The molecule has 1 N–H and O–H groups in total. The zero-order valence-corrected chi connectivity index (χ0v) is 16.4. The predicted molar refractivity (Wildman–Crippen MR) is 113 cm³/mol. The van der Waals surface area contributed by atoms with Crippen molar-refractivity contribution < 1.29 is 13.6 Å². The fourth-order valence-corrected chi connectivity index (χ4v) is 4.02. The molecule has 156 valence electrons. The number of pyridine rings is 1. The van der Waals surface area contributed by atoms with E-state index in [-0.39, 0.29) is 37.4 Å². The van der Waals surface area contributed by atoms with E-state index in [0.29, 0.717) is 16.5 Å². The predicted octanol–water partition coefficient (Wildman–Crippen LogP) is 4.01. The number of rotatable bonds is 2. The molecule has 0 radical (unpaired) electrons. The molecule has 2 aromatic heterocycles. The number of hydrogen-bond donors (Lipinski definition) is 1. The number of nitrogens with zero attached hydrogens (tertiary/aromatic N) is 3. The average Bonchev–Trinajstić information content (AvgIpc) is 2.78. The number of nitrogens with one attached hydrogen (secondary N) is 1. The number of piperidine rings is 1. The van der Waals surface area contributed by atoms with Gasteiger partial charge in [-0.2, -0.15) is 5.10 Å². The Morgan fingerprint density at radius 3 is 2.65 bits per heavy atom. The molecule has 2 aromatic carbocycles. The van der Waals surface area contributed by atoms with Crippen LogP contribution in [0.15, 0.2) is 59.7 Å². The number of fused-ring (bicyclic) bond motifs is 2. The first-order valence-corrected chi connectivity index (χ1v) is 9.95. The molecule has 0 unspecified atom stereocenters. The molecule has 0 saturated carbocycles. The minimum Gasteiger partial charge on any atom is -0.338 e. The lowest BCUT2D eigenvalue weighted by atomic mass is 9.97. The molecular formula is C23H18F2N4O2. The number of aromatic nitrogens is 3. The number of likely N-dealkylation sites (tertiary alicyclic amines) is 1. The fraction of sp³-hybridized carbons (Fsp3) is 0.217. The van der Waals surface area contributed by atoms with Crippen molar-refractivity contribution in [2.75, 3.05) is 13.1 Å². The largest absolute Gasteiger partial charge is 0.338 e. The summed E-state index contributed by atoms with van der Waals surface area (Å²) >= 11 is 0. The van der Waals surface area contributed by atoms with Gasteiger partial charge in [-0.05, 0) is 34.5 Å². The molecule has 1 saturated heterocycles. The van der Waals surface area contributed by atoms with Crippen LogP contribution in [0.3, 0.4) is 0 Å². The molecule has 0 bridgehead atoms. The van der Waals surface area contributed by atoms with Gasteiger partial charge in [0.25, 0.3) is 17.4 Å². The van der Waals surface area contributed by atoms with Crippen molar-refractivity contribution in [2.24, 2.45) is 0 Å². The van der Waals surface area contributed by atoms with Crippen molar-refractivity contribution in [3.63, 3.8) is 0 Å². The molecule has 5 rings (SSSR count). The first kappa shape index (κ1) is 19.3. The van der Waals surface area contributed by atoms with E-state index in [1.54, 1.807) is 24.5 Å². The number of H-pyrrole nitrogens is 1. The van der Waals surface area contributed by atoms with Crippen LogP contribution in [-0.4, -0.2) is 45.0 Å². The van der Waals surface area contributed by atoms with E-state index in [1.165, 1.54) is 4.90 Å². The molecule has 0 spiro atoms.